The molecule has 106 valence electrons. The van der Waals surface area contributed by atoms with E-state index in [1.54, 1.807) is 12.1 Å². The van der Waals surface area contributed by atoms with Gasteiger partial charge in [0.15, 0.2) is 0 Å². The van der Waals surface area contributed by atoms with E-state index in [1.165, 1.54) is 17.2 Å². The van der Waals surface area contributed by atoms with E-state index in [-0.39, 0.29) is 11.9 Å². The van der Waals surface area contributed by atoms with Crippen molar-refractivity contribution in [2.24, 2.45) is 5.73 Å². The van der Waals surface area contributed by atoms with Crippen molar-refractivity contribution in [2.45, 2.75) is 32.7 Å². The largest absolute Gasteiger partial charge is 0.324 e. The summed E-state index contributed by atoms with van der Waals surface area (Å²) in [4.78, 5) is 0. The van der Waals surface area contributed by atoms with Crippen LogP contribution in [0, 0.1) is 19.7 Å². The molecule has 0 heterocycles. The Morgan fingerprint density at radius 1 is 1.15 bits per heavy atom. The van der Waals surface area contributed by atoms with Gasteiger partial charge in [0.2, 0.25) is 0 Å². The van der Waals surface area contributed by atoms with Gasteiger partial charge in [-0.3, -0.25) is 0 Å². The Balaban J connectivity index is 2.08. The van der Waals surface area contributed by atoms with Crippen LogP contribution in [0.3, 0.4) is 0 Å². The van der Waals surface area contributed by atoms with Crippen molar-refractivity contribution in [2.75, 3.05) is 0 Å². The van der Waals surface area contributed by atoms with E-state index in [0.29, 0.717) is 23.4 Å². The highest BCUT2D eigenvalue weighted by Crippen LogP contribution is 2.24. The molecule has 20 heavy (non-hydrogen) atoms. The smallest absolute Gasteiger partial charge is 0.127 e. The summed E-state index contributed by atoms with van der Waals surface area (Å²) < 4.78 is 13.7. The fourth-order valence-electron chi connectivity index (χ4n) is 2.23. The van der Waals surface area contributed by atoms with Gasteiger partial charge in [0.1, 0.15) is 5.82 Å². The van der Waals surface area contributed by atoms with E-state index in [4.69, 9.17) is 17.3 Å². The molecule has 0 amide bonds. The van der Waals surface area contributed by atoms with Gasteiger partial charge in [-0.25, -0.2) is 4.39 Å². The van der Waals surface area contributed by atoms with Crippen molar-refractivity contribution < 1.29 is 4.39 Å². The minimum Gasteiger partial charge on any atom is -0.324 e. The molecule has 0 radical (unpaired) electrons. The van der Waals surface area contributed by atoms with Crippen LogP contribution in [0.2, 0.25) is 5.02 Å². The summed E-state index contributed by atoms with van der Waals surface area (Å²) >= 11 is 6.02. The van der Waals surface area contributed by atoms with Gasteiger partial charge < -0.3 is 5.73 Å². The molecule has 0 fully saturated rings. The van der Waals surface area contributed by atoms with Crippen LogP contribution in [0.25, 0.3) is 0 Å². The Morgan fingerprint density at radius 3 is 2.55 bits per heavy atom. The lowest BCUT2D eigenvalue weighted by atomic mass is 9.96. The van der Waals surface area contributed by atoms with Crippen LogP contribution in [-0.2, 0) is 6.42 Å². The summed E-state index contributed by atoms with van der Waals surface area (Å²) in [6.45, 7) is 4.14. The zero-order valence-corrected chi connectivity index (χ0v) is 12.5. The summed E-state index contributed by atoms with van der Waals surface area (Å²) in [6.07, 6.45) is 1.21. The van der Waals surface area contributed by atoms with E-state index in [0.717, 1.165) is 5.56 Å². The third-order valence-electron chi connectivity index (χ3n) is 3.73. The Bertz CT molecular complexity index is 590. The van der Waals surface area contributed by atoms with E-state index in [2.05, 4.69) is 26.0 Å². The first-order valence-corrected chi connectivity index (χ1v) is 7.12. The fourth-order valence-corrected chi connectivity index (χ4v) is 2.49. The third kappa shape index (κ3) is 3.38. The minimum atomic E-state index is -0.259. The van der Waals surface area contributed by atoms with E-state index >= 15 is 0 Å². The zero-order valence-electron chi connectivity index (χ0n) is 11.8. The second-order valence-electron chi connectivity index (χ2n) is 5.19. The van der Waals surface area contributed by atoms with Gasteiger partial charge in [0.25, 0.3) is 0 Å². The lowest BCUT2D eigenvalue weighted by Gasteiger charge is -2.14. The van der Waals surface area contributed by atoms with Crippen molar-refractivity contribution in [3.63, 3.8) is 0 Å². The molecule has 2 aromatic rings. The molecular formula is C17H19ClFN. The number of hydrogen-bond acceptors (Lipinski definition) is 1. The van der Waals surface area contributed by atoms with Gasteiger partial charge in [-0.2, -0.15) is 0 Å². The average Bonchev–Trinajstić information content (AvgIpc) is 2.41. The maximum atomic E-state index is 13.7. The molecule has 0 bridgehead atoms. The first kappa shape index (κ1) is 15.0. The Kier molecular flexibility index (Phi) is 4.79. The Morgan fingerprint density at radius 2 is 1.90 bits per heavy atom. The molecule has 1 nitrogen and oxygen atoms in total. The first-order valence-electron chi connectivity index (χ1n) is 6.74. The number of benzene rings is 2. The quantitative estimate of drug-likeness (QED) is 0.866. The van der Waals surface area contributed by atoms with E-state index < -0.39 is 0 Å². The zero-order chi connectivity index (χ0) is 14.7. The predicted molar refractivity (Wildman–Crippen MR) is 82.6 cm³/mol. The van der Waals surface area contributed by atoms with Crippen molar-refractivity contribution in [1.82, 2.24) is 0 Å². The molecule has 0 spiro atoms. The SMILES string of the molecule is Cc1ccc(C(N)CCc2c(F)cccc2Cl)cc1C. The molecule has 2 rings (SSSR count). The van der Waals surface area contributed by atoms with Gasteiger partial charge in [0.05, 0.1) is 0 Å². The van der Waals surface area contributed by atoms with Gasteiger partial charge in [0, 0.05) is 16.6 Å². The summed E-state index contributed by atoms with van der Waals surface area (Å²) in [7, 11) is 0. The molecule has 0 aliphatic carbocycles. The Hall–Kier alpha value is -1.38. The van der Waals surface area contributed by atoms with Gasteiger partial charge in [-0.1, -0.05) is 35.9 Å². The lowest BCUT2D eigenvalue weighted by molar-refractivity contribution is 0.586. The van der Waals surface area contributed by atoms with Crippen molar-refractivity contribution in [3.8, 4) is 0 Å². The molecule has 0 aromatic heterocycles. The standard InChI is InChI=1S/C17H19ClFN/c1-11-6-7-13(10-12(11)2)17(20)9-8-14-15(18)4-3-5-16(14)19/h3-7,10,17H,8-9,20H2,1-2H3. The van der Waals surface area contributed by atoms with Crippen LogP contribution in [0.4, 0.5) is 4.39 Å². The van der Waals surface area contributed by atoms with Gasteiger partial charge >= 0.3 is 0 Å². The van der Waals surface area contributed by atoms with Crippen LogP contribution >= 0.6 is 11.6 Å². The van der Waals surface area contributed by atoms with Crippen molar-refractivity contribution in [1.29, 1.82) is 0 Å². The maximum absolute atomic E-state index is 13.7. The molecule has 0 saturated heterocycles. The van der Waals surface area contributed by atoms with Crippen LogP contribution in [-0.4, -0.2) is 0 Å². The van der Waals surface area contributed by atoms with E-state index in [1.807, 2.05) is 6.07 Å². The molecule has 0 aliphatic rings. The molecule has 0 aliphatic heterocycles. The van der Waals surface area contributed by atoms with E-state index in [9.17, 15) is 4.39 Å². The molecular weight excluding hydrogens is 273 g/mol. The number of nitrogens with two attached hydrogens (primary N) is 1. The highest BCUT2D eigenvalue weighted by molar-refractivity contribution is 6.31. The second-order valence-corrected chi connectivity index (χ2v) is 5.60. The normalized spacial score (nSPS) is 12.4. The van der Waals surface area contributed by atoms with Gasteiger partial charge in [-0.05, 0) is 55.5 Å². The second kappa shape index (κ2) is 6.38. The lowest BCUT2D eigenvalue weighted by Crippen LogP contribution is -2.12. The van der Waals surface area contributed by atoms with Crippen LogP contribution in [0.5, 0.6) is 0 Å². The molecule has 2 N–H and O–H groups in total. The third-order valence-corrected chi connectivity index (χ3v) is 4.08. The van der Waals surface area contributed by atoms with Gasteiger partial charge in [-0.15, -0.1) is 0 Å². The van der Waals surface area contributed by atoms with Crippen LogP contribution in [0.15, 0.2) is 36.4 Å². The maximum Gasteiger partial charge on any atom is 0.127 e. The summed E-state index contributed by atoms with van der Waals surface area (Å²) in [5.74, 6) is -0.259. The predicted octanol–water partition coefficient (Wildman–Crippen LogP) is 4.73. The summed E-state index contributed by atoms with van der Waals surface area (Å²) in [5, 5.41) is 0.470. The van der Waals surface area contributed by atoms with Crippen LogP contribution in [0.1, 0.15) is 34.7 Å². The molecule has 3 heteroatoms. The average molecular weight is 292 g/mol. The monoisotopic (exact) mass is 291 g/mol. The number of rotatable bonds is 4. The first-order chi connectivity index (χ1) is 9.49. The number of halogens is 2. The molecule has 0 saturated carbocycles. The van der Waals surface area contributed by atoms with Crippen molar-refractivity contribution in [3.05, 3.63) is 69.5 Å². The highest BCUT2D eigenvalue weighted by Gasteiger charge is 2.11. The topological polar surface area (TPSA) is 26.0 Å². The highest BCUT2D eigenvalue weighted by atomic mass is 35.5. The number of hydrogen-bond donors (Lipinski definition) is 1. The van der Waals surface area contributed by atoms with Crippen molar-refractivity contribution >= 4 is 11.6 Å². The Labute approximate surface area is 124 Å². The summed E-state index contributed by atoms with van der Waals surface area (Å²) in [5.41, 5.74) is 10.3. The molecule has 1 atom stereocenters. The fraction of sp³-hybridized carbons (Fsp3) is 0.294. The molecule has 2 aromatic carbocycles. The number of aryl methyl sites for hydroxylation is 2. The minimum absolute atomic E-state index is 0.107. The molecule has 1 unspecified atom stereocenters. The summed E-state index contributed by atoms with van der Waals surface area (Å²) in [6, 6.07) is 10.9. The van der Waals surface area contributed by atoms with Crippen LogP contribution < -0.4 is 5.73 Å².